The zero-order chi connectivity index (χ0) is 20.6. The van der Waals surface area contributed by atoms with Gasteiger partial charge in [-0.1, -0.05) is 29.3 Å². The normalized spacial score (nSPS) is 18.9. The summed E-state index contributed by atoms with van der Waals surface area (Å²) in [6.45, 7) is 1.34. The first-order valence-corrected chi connectivity index (χ1v) is 8.84. The number of hydrogen-bond acceptors (Lipinski definition) is 5. The van der Waals surface area contributed by atoms with E-state index in [4.69, 9.17) is 27.9 Å². The molecule has 2 aromatic carbocycles. The van der Waals surface area contributed by atoms with Crippen molar-refractivity contribution in [3.8, 4) is 5.75 Å². The van der Waals surface area contributed by atoms with Crippen LogP contribution in [0.15, 0.2) is 36.4 Å². The molecule has 0 bridgehead atoms. The van der Waals surface area contributed by atoms with E-state index in [1.165, 1.54) is 38.3 Å². The second-order valence-electron chi connectivity index (χ2n) is 6.32. The van der Waals surface area contributed by atoms with Crippen molar-refractivity contribution in [3.05, 3.63) is 67.7 Å². The van der Waals surface area contributed by atoms with Gasteiger partial charge in [0.15, 0.2) is 0 Å². The Balaban J connectivity index is 1.97. The molecule has 0 spiro atoms. The summed E-state index contributed by atoms with van der Waals surface area (Å²) in [5.74, 6) is -0.223. The topological polar surface area (TPSA) is 102 Å². The molecule has 10 heteroatoms. The maximum Gasteiger partial charge on any atom is 0.325 e. The summed E-state index contributed by atoms with van der Waals surface area (Å²) in [5, 5.41) is 14.3. The van der Waals surface area contributed by atoms with E-state index in [2.05, 4.69) is 5.32 Å². The molecule has 0 saturated carbocycles. The van der Waals surface area contributed by atoms with Crippen LogP contribution in [0.3, 0.4) is 0 Å². The third-order valence-electron chi connectivity index (χ3n) is 4.55. The SMILES string of the molecule is COc1ccc([N+](=O)[O-])cc1CN1C(=O)NC(C)(c2ccc(Cl)cc2Cl)C1=O. The van der Waals surface area contributed by atoms with Crippen LogP contribution in [0, 0.1) is 10.1 Å². The van der Waals surface area contributed by atoms with Crippen molar-refractivity contribution in [1.29, 1.82) is 0 Å². The fraction of sp³-hybridized carbons (Fsp3) is 0.222. The molecule has 0 aliphatic carbocycles. The third-order valence-corrected chi connectivity index (χ3v) is 5.10. The van der Waals surface area contributed by atoms with Crippen molar-refractivity contribution in [2.24, 2.45) is 0 Å². The number of nitrogens with zero attached hydrogens (tertiary/aromatic N) is 2. The summed E-state index contributed by atoms with van der Waals surface area (Å²) in [5.41, 5.74) is -0.851. The average molecular weight is 424 g/mol. The Morgan fingerprint density at radius 3 is 2.54 bits per heavy atom. The van der Waals surface area contributed by atoms with Crippen molar-refractivity contribution in [2.45, 2.75) is 19.0 Å². The number of nitrogens with one attached hydrogen (secondary N) is 1. The number of amides is 3. The number of carbonyl (C=O) groups is 2. The van der Waals surface area contributed by atoms with Gasteiger partial charge in [0, 0.05) is 33.3 Å². The number of methoxy groups -OCH3 is 1. The standard InChI is InChI=1S/C18H15Cl2N3O5/c1-18(13-5-3-11(19)8-14(13)20)16(24)22(17(25)21-18)9-10-7-12(23(26)27)4-6-15(10)28-2/h3-8H,9H2,1-2H3,(H,21,25). The molecule has 1 N–H and O–H groups in total. The lowest BCUT2D eigenvalue weighted by Gasteiger charge is -2.23. The zero-order valence-corrected chi connectivity index (χ0v) is 16.4. The number of nitro groups is 1. The number of ether oxygens (including phenoxy) is 1. The number of carbonyl (C=O) groups excluding carboxylic acids is 2. The molecular weight excluding hydrogens is 409 g/mol. The quantitative estimate of drug-likeness (QED) is 0.446. The summed E-state index contributed by atoms with van der Waals surface area (Å²) >= 11 is 12.1. The van der Waals surface area contributed by atoms with E-state index in [0.29, 0.717) is 21.9 Å². The van der Waals surface area contributed by atoms with Crippen molar-refractivity contribution >= 4 is 40.8 Å². The van der Waals surface area contributed by atoms with Crippen LogP contribution >= 0.6 is 23.2 Å². The smallest absolute Gasteiger partial charge is 0.325 e. The van der Waals surface area contributed by atoms with Crippen molar-refractivity contribution < 1.29 is 19.2 Å². The van der Waals surface area contributed by atoms with E-state index in [-0.39, 0.29) is 17.3 Å². The maximum atomic E-state index is 13.1. The van der Waals surface area contributed by atoms with Crippen LogP contribution in [0.25, 0.3) is 0 Å². The van der Waals surface area contributed by atoms with E-state index in [0.717, 1.165) is 4.90 Å². The summed E-state index contributed by atoms with van der Waals surface area (Å²) in [6, 6.07) is 7.94. The number of nitro benzene ring substituents is 1. The molecule has 1 aliphatic rings. The van der Waals surface area contributed by atoms with Crippen LogP contribution in [0.1, 0.15) is 18.1 Å². The molecule has 2 aromatic rings. The van der Waals surface area contributed by atoms with Gasteiger partial charge in [0.2, 0.25) is 0 Å². The lowest BCUT2D eigenvalue weighted by molar-refractivity contribution is -0.384. The second kappa shape index (κ2) is 7.29. The number of urea groups is 1. The highest BCUT2D eigenvalue weighted by atomic mass is 35.5. The summed E-state index contributed by atoms with van der Waals surface area (Å²) < 4.78 is 5.20. The van der Waals surface area contributed by atoms with Crippen LogP contribution in [0.4, 0.5) is 10.5 Å². The van der Waals surface area contributed by atoms with Crippen molar-refractivity contribution in [1.82, 2.24) is 10.2 Å². The number of non-ortho nitro benzene ring substituents is 1. The Morgan fingerprint density at radius 1 is 1.21 bits per heavy atom. The Morgan fingerprint density at radius 2 is 1.93 bits per heavy atom. The largest absolute Gasteiger partial charge is 0.496 e. The number of hydrogen-bond donors (Lipinski definition) is 1. The van der Waals surface area contributed by atoms with E-state index >= 15 is 0 Å². The van der Waals surface area contributed by atoms with Crippen molar-refractivity contribution in [3.63, 3.8) is 0 Å². The highest BCUT2D eigenvalue weighted by molar-refractivity contribution is 6.35. The first-order chi connectivity index (χ1) is 13.2. The Kier molecular flexibility index (Phi) is 5.18. The average Bonchev–Trinajstić information content (AvgIpc) is 2.85. The predicted molar refractivity (Wildman–Crippen MR) is 103 cm³/mol. The molecule has 1 saturated heterocycles. The molecule has 1 fully saturated rings. The van der Waals surface area contributed by atoms with E-state index in [1.807, 2.05) is 0 Å². The molecule has 0 aromatic heterocycles. The molecule has 1 heterocycles. The van der Waals surface area contributed by atoms with Crippen molar-refractivity contribution in [2.75, 3.05) is 7.11 Å². The van der Waals surface area contributed by atoms with Crippen LogP contribution in [0.2, 0.25) is 10.0 Å². The highest BCUT2D eigenvalue weighted by Gasteiger charge is 2.50. The van der Waals surface area contributed by atoms with Gasteiger partial charge in [0.05, 0.1) is 18.6 Å². The highest BCUT2D eigenvalue weighted by Crippen LogP contribution is 2.36. The Labute approximate surface area is 170 Å². The molecule has 1 aliphatic heterocycles. The van der Waals surface area contributed by atoms with E-state index < -0.39 is 22.4 Å². The molecule has 0 radical (unpaired) electrons. The third kappa shape index (κ3) is 3.36. The van der Waals surface area contributed by atoms with E-state index in [1.54, 1.807) is 12.1 Å². The minimum absolute atomic E-state index is 0.175. The van der Waals surface area contributed by atoms with Gasteiger partial charge in [0.1, 0.15) is 11.3 Å². The number of halogens is 2. The summed E-state index contributed by atoms with van der Waals surface area (Å²) in [6.07, 6.45) is 0. The van der Waals surface area contributed by atoms with Crippen LogP contribution in [-0.4, -0.2) is 28.9 Å². The number of imide groups is 1. The number of rotatable bonds is 5. The molecule has 8 nitrogen and oxygen atoms in total. The Hall–Kier alpha value is -2.84. The van der Waals surface area contributed by atoms with Gasteiger partial charge in [-0.3, -0.25) is 19.8 Å². The van der Waals surface area contributed by atoms with Crippen LogP contribution < -0.4 is 10.1 Å². The van der Waals surface area contributed by atoms with Gasteiger partial charge in [-0.05, 0) is 25.1 Å². The molecule has 1 atom stereocenters. The van der Waals surface area contributed by atoms with Crippen LogP contribution in [0.5, 0.6) is 5.75 Å². The second-order valence-corrected chi connectivity index (χ2v) is 7.17. The fourth-order valence-corrected chi connectivity index (χ4v) is 3.69. The molecular formula is C18H15Cl2N3O5. The van der Waals surface area contributed by atoms with Gasteiger partial charge in [-0.15, -0.1) is 0 Å². The maximum absolute atomic E-state index is 13.1. The summed E-state index contributed by atoms with van der Waals surface area (Å²) in [4.78, 5) is 37.1. The van der Waals surface area contributed by atoms with Gasteiger partial charge in [-0.2, -0.15) is 0 Å². The molecule has 146 valence electrons. The van der Waals surface area contributed by atoms with Gasteiger partial charge in [-0.25, -0.2) is 4.79 Å². The lowest BCUT2D eigenvalue weighted by Crippen LogP contribution is -2.41. The van der Waals surface area contributed by atoms with Crippen LogP contribution in [-0.2, 0) is 16.9 Å². The molecule has 3 amide bonds. The minimum Gasteiger partial charge on any atom is -0.496 e. The molecule has 1 unspecified atom stereocenters. The Bertz CT molecular complexity index is 997. The molecule has 28 heavy (non-hydrogen) atoms. The lowest BCUT2D eigenvalue weighted by atomic mass is 9.92. The van der Waals surface area contributed by atoms with E-state index in [9.17, 15) is 19.7 Å². The minimum atomic E-state index is -1.40. The fourth-order valence-electron chi connectivity index (χ4n) is 3.09. The zero-order valence-electron chi connectivity index (χ0n) is 14.9. The van der Waals surface area contributed by atoms with Gasteiger partial charge < -0.3 is 10.1 Å². The first-order valence-electron chi connectivity index (χ1n) is 8.08. The van der Waals surface area contributed by atoms with Gasteiger partial charge >= 0.3 is 6.03 Å². The summed E-state index contributed by atoms with van der Waals surface area (Å²) in [7, 11) is 1.40. The monoisotopic (exact) mass is 423 g/mol. The predicted octanol–water partition coefficient (Wildman–Crippen LogP) is 3.88. The number of benzene rings is 2. The molecule has 3 rings (SSSR count). The first kappa shape index (κ1) is 19.9. The van der Waals surface area contributed by atoms with Gasteiger partial charge in [0.25, 0.3) is 11.6 Å².